The Balaban J connectivity index is 1.98. The van der Waals surface area contributed by atoms with E-state index in [-0.39, 0.29) is 18.4 Å². The number of nitrogens with zero attached hydrogens (tertiary/aromatic N) is 1. The molecule has 0 bridgehead atoms. The van der Waals surface area contributed by atoms with E-state index in [1.165, 1.54) is 0 Å². The van der Waals surface area contributed by atoms with E-state index in [4.69, 9.17) is 23.2 Å². The van der Waals surface area contributed by atoms with Crippen molar-refractivity contribution in [3.05, 3.63) is 58.1 Å². The van der Waals surface area contributed by atoms with Crippen molar-refractivity contribution in [2.45, 2.75) is 13.8 Å². The summed E-state index contributed by atoms with van der Waals surface area (Å²) in [7, 11) is 0. The van der Waals surface area contributed by atoms with Crippen molar-refractivity contribution < 1.29 is 9.59 Å². The van der Waals surface area contributed by atoms with Gasteiger partial charge in [0, 0.05) is 29.4 Å². The number of carbonyl (C=O) groups excluding carboxylic acids is 2. The van der Waals surface area contributed by atoms with Crippen molar-refractivity contribution in [2.24, 2.45) is 0 Å². The smallest absolute Gasteiger partial charge is 0.253 e. The van der Waals surface area contributed by atoms with E-state index in [1.807, 2.05) is 13.8 Å². The van der Waals surface area contributed by atoms with E-state index < -0.39 is 0 Å². The lowest BCUT2D eigenvalue weighted by molar-refractivity contribution is -0.114. The maximum Gasteiger partial charge on any atom is 0.253 e. The maximum absolute atomic E-state index is 12.4. The molecule has 7 heteroatoms. The van der Waals surface area contributed by atoms with E-state index >= 15 is 0 Å². The van der Waals surface area contributed by atoms with Crippen molar-refractivity contribution in [1.29, 1.82) is 0 Å². The number of amides is 2. The lowest BCUT2D eigenvalue weighted by Gasteiger charge is -2.19. The highest BCUT2D eigenvalue weighted by atomic mass is 35.5. The van der Waals surface area contributed by atoms with Gasteiger partial charge in [0.05, 0.1) is 17.3 Å². The molecule has 0 spiro atoms. The molecule has 0 saturated carbocycles. The maximum atomic E-state index is 12.4. The Hall–Kier alpha value is -2.24. The molecular weight excluding hydrogens is 373 g/mol. The molecule has 0 aliphatic heterocycles. The molecule has 26 heavy (non-hydrogen) atoms. The number of nitrogens with one attached hydrogen (secondary N) is 2. The Labute approximate surface area is 163 Å². The zero-order valence-electron chi connectivity index (χ0n) is 14.7. The van der Waals surface area contributed by atoms with Gasteiger partial charge in [-0.3, -0.25) is 9.59 Å². The normalized spacial score (nSPS) is 10.3. The van der Waals surface area contributed by atoms with Crippen LogP contribution in [-0.2, 0) is 4.79 Å². The monoisotopic (exact) mass is 393 g/mol. The molecule has 2 aromatic carbocycles. The first-order valence-electron chi connectivity index (χ1n) is 8.32. The Morgan fingerprint density at radius 1 is 1.04 bits per heavy atom. The summed E-state index contributed by atoms with van der Waals surface area (Å²) in [6, 6.07) is 11.9. The second-order valence-corrected chi connectivity index (χ2v) is 6.43. The molecule has 0 saturated heterocycles. The highest BCUT2D eigenvalue weighted by Gasteiger charge is 2.13. The topological polar surface area (TPSA) is 61.4 Å². The van der Waals surface area contributed by atoms with Crippen LogP contribution in [0.1, 0.15) is 24.2 Å². The summed E-state index contributed by atoms with van der Waals surface area (Å²) < 4.78 is 0. The fourth-order valence-corrected chi connectivity index (χ4v) is 2.91. The average molecular weight is 394 g/mol. The molecule has 0 aliphatic rings. The van der Waals surface area contributed by atoms with Gasteiger partial charge in [0.2, 0.25) is 5.91 Å². The van der Waals surface area contributed by atoms with Crippen LogP contribution in [0.5, 0.6) is 0 Å². The Morgan fingerprint density at radius 3 is 2.42 bits per heavy atom. The molecule has 0 heterocycles. The predicted octanol–water partition coefficient (Wildman–Crippen LogP) is 4.53. The van der Waals surface area contributed by atoms with E-state index in [2.05, 4.69) is 10.6 Å². The summed E-state index contributed by atoms with van der Waals surface area (Å²) in [5.74, 6) is -0.305. The number of anilines is 2. The van der Waals surface area contributed by atoms with Crippen LogP contribution in [0.25, 0.3) is 0 Å². The van der Waals surface area contributed by atoms with Gasteiger partial charge in [-0.05, 0) is 50.2 Å². The van der Waals surface area contributed by atoms with Gasteiger partial charge in [0.1, 0.15) is 0 Å². The molecule has 0 atom stereocenters. The highest BCUT2D eigenvalue weighted by molar-refractivity contribution is 6.36. The molecule has 0 aliphatic carbocycles. The van der Waals surface area contributed by atoms with Crippen LogP contribution in [0.2, 0.25) is 10.0 Å². The van der Waals surface area contributed by atoms with Crippen molar-refractivity contribution in [2.75, 3.05) is 30.3 Å². The van der Waals surface area contributed by atoms with E-state index in [1.54, 1.807) is 47.4 Å². The average Bonchev–Trinajstić information content (AvgIpc) is 2.62. The standard InChI is InChI=1S/C19H21Cl2N3O2/c1-3-24(4-2)19(26)13-6-5-7-15(10-13)23-18(25)12-22-17-9-8-14(20)11-16(17)21/h5-11,22H,3-4,12H2,1-2H3,(H,23,25). The third-order valence-electron chi connectivity index (χ3n) is 3.81. The lowest BCUT2D eigenvalue weighted by atomic mass is 10.1. The van der Waals surface area contributed by atoms with Gasteiger partial charge < -0.3 is 15.5 Å². The van der Waals surface area contributed by atoms with Gasteiger partial charge in [-0.25, -0.2) is 0 Å². The van der Waals surface area contributed by atoms with Gasteiger partial charge >= 0.3 is 0 Å². The van der Waals surface area contributed by atoms with Crippen molar-refractivity contribution in [3.8, 4) is 0 Å². The van der Waals surface area contributed by atoms with Gasteiger partial charge in [-0.15, -0.1) is 0 Å². The third kappa shape index (κ3) is 5.38. The molecule has 0 fully saturated rings. The van der Waals surface area contributed by atoms with Crippen molar-refractivity contribution >= 4 is 46.4 Å². The fourth-order valence-electron chi connectivity index (χ4n) is 2.44. The van der Waals surface area contributed by atoms with Crippen LogP contribution in [-0.4, -0.2) is 36.3 Å². The van der Waals surface area contributed by atoms with E-state index in [9.17, 15) is 9.59 Å². The quantitative estimate of drug-likeness (QED) is 0.726. The summed E-state index contributed by atoms with van der Waals surface area (Å²) in [6.45, 7) is 5.17. The third-order valence-corrected chi connectivity index (χ3v) is 4.36. The SMILES string of the molecule is CCN(CC)C(=O)c1cccc(NC(=O)CNc2ccc(Cl)cc2Cl)c1. The molecule has 2 rings (SSSR count). The summed E-state index contributed by atoms with van der Waals surface area (Å²) in [6.07, 6.45) is 0. The van der Waals surface area contributed by atoms with Crippen LogP contribution >= 0.6 is 23.2 Å². The summed E-state index contributed by atoms with van der Waals surface area (Å²) in [5, 5.41) is 6.70. The number of hydrogen-bond acceptors (Lipinski definition) is 3. The molecule has 0 aromatic heterocycles. The first-order chi connectivity index (χ1) is 12.4. The summed E-state index contributed by atoms with van der Waals surface area (Å²) >= 11 is 11.9. The van der Waals surface area contributed by atoms with Gasteiger partial charge in [0.25, 0.3) is 5.91 Å². The van der Waals surface area contributed by atoms with E-state index in [0.717, 1.165) is 0 Å². The Morgan fingerprint density at radius 2 is 1.77 bits per heavy atom. The zero-order chi connectivity index (χ0) is 19.1. The minimum atomic E-state index is -0.247. The summed E-state index contributed by atoms with van der Waals surface area (Å²) in [5.41, 5.74) is 1.73. The van der Waals surface area contributed by atoms with E-state index in [0.29, 0.717) is 40.1 Å². The molecular formula is C19H21Cl2N3O2. The minimum absolute atomic E-state index is 0.0373. The number of hydrogen-bond donors (Lipinski definition) is 2. The zero-order valence-corrected chi connectivity index (χ0v) is 16.2. The van der Waals surface area contributed by atoms with Crippen molar-refractivity contribution in [1.82, 2.24) is 4.90 Å². The molecule has 0 radical (unpaired) electrons. The number of benzene rings is 2. The first-order valence-corrected chi connectivity index (χ1v) is 9.08. The highest BCUT2D eigenvalue weighted by Crippen LogP contribution is 2.25. The molecule has 2 aromatic rings. The van der Waals surface area contributed by atoms with Crippen molar-refractivity contribution in [3.63, 3.8) is 0 Å². The summed E-state index contributed by atoms with van der Waals surface area (Å²) in [4.78, 5) is 26.3. The lowest BCUT2D eigenvalue weighted by Crippen LogP contribution is -2.30. The fraction of sp³-hybridized carbons (Fsp3) is 0.263. The van der Waals surface area contributed by atoms with Crippen LogP contribution in [0.3, 0.4) is 0 Å². The van der Waals surface area contributed by atoms with Gasteiger partial charge in [-0.2, -0.15) is 0 Å². The number of carbonyl (C=O) groups is 2. The molecule has 2 amide bonds. The van der Waals surface area contributed by atoms with Crippen LogP contribution in [0.15, 0.2) is 42.5 Å². The molecule has 0 unspecified atom stereocenters. The second kappa shape index (κ2) is 9.46. The largest absolute Gasteiger partial charge is 0.375 e. The molecule has 138 valence electrons. The Kier molecular flexibility index (Phi) is 7.30. The second-order valence-electron chi connectivity index (χ2n) is 5.58. The van der Waals surface area contributed by atoms with Crippen LogP contribution in [0.4, 0.5) is 11.4 Å². The first kappa shape index (κ1) is 20.1. The molecule has 5 nitrogen and oxygen atoms in total. The van der Waals surface area contributed by atoms with Gasteiger partial charge in [0.15, 0.2) is 0 Å². The molecule has 2 N–H and O–H groups in total. The minimum Gasteiger partial charge on any atom is -0.375 e. The van der Waals surface area contributed by atoms with Crippen LogP contribution in [0, 0.1) is 0 Å². The Bertz CT molecular complexity index is 792. The van der Waals surface area contributed by atoms with Crippen LogP contribution < -0.4 is 10.6 Å². The number of rotatable bonds is 7. The van der Waals surface area contributed by atoms with Gasteiger partial charge in [-0.1, -0.05) is 29.3 Å². The predicted molar refractivity (Wildman–Crippen MR) is 107 cm³/mol. The number of halogens is 2.